The summed E-state index contributed by atoms with van der Waals surface area (Å²) in [5.74, 6) is 0.634. The zero-order valence-corrected chi connectivity index (χ0v) is 18.5. The average molecular weight is 428 g/mol. The van der Waals surface area contributed by atoms with Gasteiger partial charge in [0, 0.05) is 44.4 Å². The topological polar surface area (TPSA) is 45.9 Å². The van der Waals surface area contributed by atoms with Gasteiger partial charge in [0.1, 0.15) is 0 Å². The van der Waals surface area contributed by atoms with E-state index >= 15 is 0 Å². The lowest BCUT2D eigenvalue weighted by molar-refractivity contribution is 0.145. The molecule has 4 aromatic rings. The van der Waals surface area contributed by atoms with Crippen molar-refractivity contribution in [3.8, 4) is 28.3 Å². The van der Waals surface area contributed by atoms with Gasteiger partial charge in [0.15, 0.2) is 5.65 Å². The van der Waals surface area contributed by atoms with Crippen LogP contribution >= 0.6 is 0 Å². The number of hydrogen-bond acceptors (Lipinski definition) is 5. The highest BCUT2D eigenvalue weighted by molar-refractivity contribution is 5.72. The van der Waals surface area contributed by atoms with Gasteiger partial charge in [-0.1, -0.05) is 48.5 Å². The lowest BCUT2D eigenvalue weighted by Crippen LogP contribution is -2.44. The second kappa shape index (κ2) is 9.51. The molecule has 1 fully saturated rings. The smallest absolute Gasteiger partial charge is 0.231 e. The van der Waals surface area contributed by atoms with Crippen molar-refractivity contribution in [3.63, 3.8) is 0 Å². The maximum atomic E-state index is 5.98. The molecule has 0 N–H and O–H groups in total. The van der Waals surface area contributed by atoms with Gasteiger partial charge in [-0.3, -0.25) is 0 Å². The van der Waals surface area contributed by atoms with Crippen LogP contribution in [0.3, 0.4) is 0 Å². The van der Waals surface area contributed by atoms with E-state index in [0.717, 1.165) is 56.0 Å². The zero-order chi connectivity index (χ0) is 21.8. The Morgan fingerprint density at radius 1 is 0.844 bits per heavy atom. The number of ether oxygens (including phenoxy) is 1. The molecule has 6 heteroatoms. The van der Waals surface area contributed by atoms with E-state index in [9.17, 15) is 0 Å². The lowest BCUT2D eigenvalue weighted by atomic mass is 10.0. The first kappa shape index (κ1) is 20.7. The van der Waals surface area contributed by atoms with Crippen LogP contribution in [-0.4, -0.2) is 70.8 Å². The molecule has 2 aromatic carbocycles. The van der Waals surface area contributed by atoms with Crippen molar-refractivity contribution < 1.29 is 4.74 Å². The highest BCUT2D eigenvalue weighted by Crippen LogP contribution is 2.27. The second-order valence-electron chi connectivity index (χ2n) is 8.38. The standard InChI is InChI=1S/C26H29N5O/c1-29-14-16-30(17-15-29)13-6-18-32-26-12-11-25-27-20-24(31(25)28-26)23-10-5-9-22(19-23)21-7-3-2-4-8-21/h2-5,7-12,19-20H,6,13-18H2,1H3. The Morgan fingerprint density at radius 2 is 1.62 bits per heavy atom. The minimum atomic E-state index is 0.634. The van der Waals surface area contributed by atoms with Gasteiger partial charge < -0.3 is 14.5 Å². The molecule has 3 heterocycles. The summed E-state index contributed by atoms with van der Waals surface area (Å²) in [5, 5.41) is 4.72. The van der Waals surface area contributed by atoms with E-state index < -0.39 is 0 Å². The van der Waals surface area contributed by atoms with Gasteiger partial charge in [0.05, 0.1) is 18.5 Å². The number of rotatable bonds is 7. The van der Waals surface area contributed by atoms with Gasteiger partial charge in [-0.25, -0.2) is 9.50 Å². The van der Waals surface area contributed by atoms with Crippen LogP contribution in [0.4, 0.5) is 0 Å². The van der Waals surface area contributed by atoms with Gasteiger partial charge in [-0.15, -0.1) is 5.10 Å². The minimum absolute atomic E-state index is 0.634. The first-order valence-corrected chi connectivity index (χ1v) is 11.3. The maximum Gasteiger partial charge on any atom is 0.231 e. The summed E-state index contributed by atoms with van der Waals surface area (Å²) in [4.78, 5) is 9.42. The molecule has 5 rings (SSSR count). The molecular weight excluding hydrogens is 398 g/mol. The monoisotopic (exact) mass is 427 g/mol. The van der Waals surface area contributed by atoms with Crippen LogP contribution in [0.15, 0.2) is 72.9 Å². The average Bonchev–Trinajstić information content (AvgIpc) is 3.27. The minimum Gasteiger partial charge on any atom is -0.477 e. The van der Waals surface area contributed by atoms with Crippen LogP contribution in [0.2, 0.25) is 0 Å². The fourth-order valence-corrected chi connectivity index (χ4v) is 4.16. The van der Waals surface area contributed by atoms with Crippen LogP contribution < -0.4 is 4.74 Å². The predicted molar refractivity (Wildman–Crippen MR) is 128 cm³/mol. The molecule has 0 amide bonds. The number of fused-ring (bicyclic) bond motifs is 1. The van der Waals surface area contributed by atoms with Crippen LogP contribution in [0.5, 0.6) is 5.88 Å². The van der Waals surface area contributed by atoms with E-state index in [0.29, 0.717) is 12.5 Å². The molecule has 1 saturated heterocycles. The molecule has 0 atom stereocenters. The molecule has 0 unspecified atom stereocenters. The normalized spacial score (nSPS) is 15.3. The summed E-state index contributed by atoms with van der Waals surface area (Å²) < 4.78 is 7.86. The Morgan fingerprint density at radius 3 is 2.47 bits per heavy atom. The fourth-order valence-electron chi connectivity index (χ4n) is 4.16. The fraction of sp³-hybridized carbons (Fsp3) is 0.308. The molecule has 1 aliphatic rings. The summed E-state index contributed by atoms with van der Waals surface area (Å²) in [6.45, 7) is 6.31. The number of imidazole rings is 1. The first-order chi connectivity index (χ1) is 15.8. The van der Waals surface area contributed by atoms with Crippen molar-refractivity contribution >= 4 is 5.65 Å². The molecule has 0 saturated carbocycles. The van der Waals surface area contributed by atoms with Crippen LogP contribution in [-0.2, 0) is 0 Å². The van der Waals surface area contributed by atoms with Crippen molar-refractivity contribution in [2.24, 2.45) is 0 Å². The van der Waals surface area contributed by atoms with Gasteiger partial charge in [-0.2, -0.15) is 0 Å². The third-order valence-corrected chi connectivity index (χ3v) is 6.07. The van der Waals surface area contributed by atoms with E-state index in [-0.39, 0.29) is 0 Å². The van der Waals surface area contributed by atoms with Gasteiger partial charge >= 0.3 is 0 Å². The molecule has 164 valence electrons. The van der Waals surface area contributed by atoms with Crippen LogP contribution in [0.25, 0.3) is 28.0 Å². The molecule has 0 spiro atoms. The van der Waals surface area contributed by atoms with E-state index in [1.165, 1.54) is 11.1 Å². The predicted octanol–water partition coefficient (Wildman–Crippen LogP) is 4.08. The molecule has 0 bridgehead atoms. The van der Waals surface area contributed by atoms with Crippen molar-refractivity contribution in [2.45, 2.75) is 6.42 Å². The Kier molecular flexibility index (Phi) is 6.14. The molecular formula is C26H29N5O. The van der Waals surface area contributed by atoms with Gasteiger partial charge in [-0.05, 0) is 36.7 Å². The molecule has 2 aromatic heterocycles. The number of likely N-dealkylation sites (N-methyl/N-ethyl adjacent to an activating group) is 1. The van der Waals surface area contributed by atoms with Crippen LogP contribution in [0, 0.1) is 0 Å². The Labute approximate surface area is 189 Å². The molecule has 1 aliphatic heterocycles. The quantitative estimate of drug-likeness (QED) is 0.416. The largest absolute Gasteiger partial charge is 0.477 e. The zero-order valence-electron chi connectivity index (χ0n) is 18.5. The maximum absolute atomic E-state index is 5.98. The Balaban J connectivity index is 1.28. The summed E-state index contributed by atoms with van der Waals surface area (Å²) in [6, 6.07) is 22.8. The number of benzene rings is 2. The van der Waals surface area contributed by atoms with Crippen molar-refractivity contribution in [1.82, 2.24) is 24.4 Å². The number of nitrogens with zero attached hydrogens (tertiary/aromatic N) is 5. The summed E-state index contributed by atoms with van der Waals surface area (Å²) in [7, 11) is 2.19. The third-order valence-electron chi connectivity index (χ3n) is 6.07. The summed E-state index contributed by atoms with van der Waals surface area (Å²) in [6.07, 6.45) is 2.88. The number of hydrogen-bond donors (Lipinski definition) is 0. The molecule has 0 aliphatic carbocycles. The van der Waals surface area contributed by atoms with E-state index in [1.807, 2.05) is 28.9 Å². The van der Waals surface area contributed by atoms with E-state index in [4.69, 9.17) is 9.84 Å². The SMILES string of the molecule is CN1CCN(CCCOc2ccc3ncc(-c4cccc(-c5ccccc5)c4)n3n2)CC1. The second-order valence-corrected chi connectivity index (χ2v) is 8.38. The molecule has 32 heavy (non-hydrogen) atoms. The van der Waals surface area contributed by atoms with Gasteiger partial charge in [0.25, 0.3) is 0 Å². The van der Waals surface area contributed by atoms with E-state index in [2.05, 4.69) is 70.4 Å². The van der Waals surface area contributed by atoms with Crippen molar-refractivity contribution in [3.05, 3.63) is 72.9 Å². The Hall–Kier alpha value is -3.22. The molecule has 0 radical (unpaired) electrons. The molecule has 6 nitrogen and oxygen atoms in total. The first-order valence-electron chi connectivity index (χ1n) is 11.3. The van der Waals surface area contributed by atoms with E-state index in [1.54, 1.807) is 0 Å². The number of aromatic nitrogens is 3. The third kappa shape index (κ3) is 4.66. The number of piperazine rings is 1. The summed E-state index contributed by atoms with van der Waals surface area (Å²) in [5.41, 5.74) is 5.23. The summed E-state index contributed by atoms with van der Waals surface area (Å²) >= 11 is 0. The Bertz CT molecular complexity index is 1170. The van der Waals surface area contributed by atoms with Crippen molar-refractivity contribution in [1.29, 1.82) is 0 Å². The van der Waals surface area contributed by atoms with Gasteiger partial charge in [0.2, 0.25) is 5.88 Å². The lowest BCUT2D eigenvalue weighted by Gasteiger charge is -2.32. The highest BCUT2D eigenvalue weighted by Gasteiger charge is 2.13. The highest BCUT2D eigenvalue weighted by atomic mass is 16.5. The van der Waals surface area contributed by atoms with Crippen molar-refractivity contribution in [2.75, 3.05) is 46.4 Å². The van der Waals surface area contributed by atoms with Crippen LogP contribution in [0.1, 0.15) is 6.42 Å².